The highest BCUT2D eigenvalue weighted by Crippen LogP contribution is 2.35. The summed E-state index contributed by atoms with van der Waals surface area (Å²) in [6.45, 7) is 9.15. The van der Waals surface area contributed by atoms with Gasteiger partial charge in [0.15, 0.2) is 0 Å². The maximum atomic E-state index is 5.63. The van der Waals surface area contributed by atoms with Crippen LogP contribution in [0.15, 0.2) is 42.7 Å². The summed E-state index contributed by atoms with van der Waals surface area (Å²) >= 11 is 0. The number of ether oxygens (including phenoxy) is 1. The monoisotopic (exact) mass is 405 g/mol. The third-order valence-electron chi connectivity index (χ3n) is 5.80. The predicted octanol–water partition coefficient (Wildman–Crippen LogP) is 4.64. The van der Waals surface area contributed by atoms with Gasteiger partial charge < -0.3 is 10.1 Å². The molecule has 1 aliphatic rings. The highest BCUT2D eigenvalue weighted by atomic mass is 16.5. The van der Waals surface area contributed by atoms with Gasteiger partial charge in [-0.1, -0.05) is 6.07 Å². The second-order valence-corrected chi connectivity index (χ2v) is 9.68. The van der Waals surface area contributed by atoms with Crippen molar-refractivity contribution in [3.63, 3.8) is 0 Å². The molecule has 0 radical (unpaired) electrons. The molecule has 2 aromatic heterocycles. The number of nitrogens with one attached hydrogen (secondary N) is 2. The quantitative estimate of drug-likeness (QED) is 0.647. The van der Waals surface area contributed by atoms with Gasteiger partial charge in [-0.3, -0.25) is 5.10 Å². The molecule has 0 aliphatic carbocycles. The first-order valence-electron chi connectivity index (χ1n) is 10.5. The van der Waals surface area contributed by atoms with Gasteiger partial charge in [0.1, 0.15) is 5.75 Å². The molecule has 0 spiro atoms. The number of H-pyrrole nitrogens is 1. The van der Waals surface area contributed by atoms with E-state index in [9.17, 15) is 0 Å². The van der Waals surface area contributed by atoms with Gasteiger partial charge in [0.05, 0.1) is 24.7 Å². The van der Waals surface area contributed by atoms with E-state index in [4.69, 9.17) is 4.74 Å². The number of benzene rings is 1. The van der Waals surface area contributed by atoms with Crippen molar-refractivity contribution in [2.75, 3.05) is 7.11 Å². The molecule has 1 aromatic carbocycles. The topological polar surface area (TPSA) is 75.7 Å². The number of hydrogen-bond donors (Lipinski definition) is 2. The Balaban J connectivity index is 1.52. The van der Waals surface area contributed by atoms with E-state index in [1.807, 2.05) is 18.3 Å². The lowest BCUT2D eigenvalue weighted by molar-refractivity contribution is 0.128. The van der Waals surface area contributed by atoms with Crippen molar-refractivity contribution in [1.29, 1.82) is 0 Å². The van der Waals surface area contributed by atoms with E-state index in [-0.39, 0.29) is 11.1 Å². The van der Waals surface area contributed by atoms with Crippen LogP contribution in [-0.4, -0.2) is 38.6 Å². The van der Waals surface area contributed by atoms with Crippen LogP contribution in [0.5, 0.6) is 5.75 Å². The first-order chi connectivity index (χ1) is 14.2. The summed E-state index contributed by atoms with van der Waals surface area (Å²) in [5, 5.41) is 19.7. The van der Waals surface area contributed by atoms with Crippen molar-refractivity contribution in [2.45, 2.75) is 58.0 Å². The number of hydrogen-bond acceptors (Lipinski definition) is 5. The molecule has 0 bridgehead atoms. The number of methoxy groups -OCH3 is 1. The number of aromatic amines is 1. The van der Waals surface area contributed by atoms with Crippen LogP contribution in [0.2, 0.25) is 0 Å². The number of piperidine rings is 1. The van der Waals surface area contributed by atoms with Crippen molar-refractivity contribution in [1.82, 2.24) is 25.7 Å². The van der Waals surface area contributed by atoms with E-state index >= 15 is 0 Å². The molecule has 0 amide bonds. The zero-order valence-electron chi connectivity index (χ0n) is 18.5. The zero-order chi connectivity index (χ0) is 21.4. The first-order valence-corrected chi connectivity index (χ1v) is 10.5. The fourth-order valence-electron chi connectivity index (χ4n) is 5.08. The van der Waals surface area contributed by atoms with E-state index < -0.39 is 0 Å². The molecule has 3 aromatic rings. The van der Waals surface area contributed by atoms with E-state index in [1.54, 1.807) is 13.3 Å². The Morgan fingerprint density at radius 2 is 1.77 bits per heavy atom. The van der Waals surface area contributed by atoms with Gasteiger partial charge in [0.2, 0.25) is 0 Å². The van der Waals surface area contributed by atoms with Gasteiger partial charge in [-0.2, -0.15) is 15.3 Å². The second kappa shape index (κ2) is 7.84. The SMILES string of the molecule is COc1cc(-c2cn[nH]c2)ccc1-c1ccc(CC2CC(C)(C)NC(C)(C)C2)nn1. The summed E-state index contributed by atoms with van der Waals surface area (Å²) in [7, 11) is 1.68. The van der Waals surface area contributed by atoms with Gasteiger partial charge in [0.25, 0.3) is 0 Å². The predicted molar refractivity (Wildman–Crippen MR) is 119 cm³/mol. The van der Waals surface area contributed by atoms with Crippen LogP contribution in [0.25, 0.3) is 22.4 Å². The van der Waals surface area contributed by atoms with Crippen LogP contribution >= 0.6 is 0 Å². The van der Waals surface area contributed by atoms with E-state index in [2.05, 4.69) is 71.6 Å². The molecule has 0 atom stereocenters. The molecule has 6 heteroatoms. The van der Waals surface area contributed by atoms with Crippen LogP contribution in [0.1, 0.15) is 46.2 Å². The molecule has 1 saturated heterocycles. The molecule has 4 rings (SSSR count). The molecule has 6 nitrogen and oxygen atoms in total. The molecule has 0 saturated carbocycles. The van der Waals surface area contributed by atoms with Crippen molar-refractivity contribution in [2.24, 2.45) is 5.92 Å². The van der Waals surface area contributed by atoms with Crippen LogP contribution < -0.4 is 10.1 Å². The zero-order valence-corrected chi connectivity index (χ0v) is 18.5. The fraction of sp³-hybridized carbons (Fsp3) is 0.458. The summed E-state index contributed by atoms with van der Waals surface area (Å²) < 4.78 is 5.63. The summed E-state index contributed by atoms with van der Waals surface area (Å²) in [5.74, 6) is 1.37. The number of nitrogens with zero attached hydrogens (tertiary/aromatic N) is 3. The lowest BCUT2D eigenvalue weighted by Crippen LogP contribution is -2.58. The lowest BCUT2D eigenvalue weighted by atomic mass is 9.74. The average molecular weight is 406 g/mol. The normalized spacial score (nSPS) is 18.3. The Bertz CT molecular complexity index is 977. The minimum Gasteiger partial charge on any atom is -0.496 e. The fourth-order valence-corrected chi connectivity index (χ4v) is 5.08. The van der Waals surface area contributed by atoms with Crippen LogP contribution in [0.3, 0.4) is 0 Å². The van der Waals surface area contributed by atoms with Crippen molar-refractivity contribution >= 4 is 0 Å². The highest BCUT2D eigenvalue weighted by Gasteiger charge is 2.37. The Hall–Kier alpha value is -2.73. The molecule has 1 aliphatic heterocycles. The number of aromatic nitrogens is 4. The maximum Gasteiger partial charge on any atom is 0.128 e. The van der Waals surface area contributed by atoms with Gasteiger partial charge in [-0.05, 0) is 82.7 Å². The van der Waals surface area contributed by atoms with Crippen LogP contribution in [0.4, 0.5) is 0 Å². The average Bonchev–Trinajstić information content (AvgIpc) is 3.20. The molecule has 1 fully saturated rings. The second-order valence-electron chi connectivity index (χ2n) is 9.68. The van der Waals surface area contributed by atoms with E-state index in [1.165, 1.54) is 0 Å². The minimum absolute atomic E-state index is 0.143. The highest BCUT2D eigenvalue weighted by molar-refractivity contribution is 5.74. The van der Waals surface area contributed by atoms with Crippen molar-refractivity contribution in [3.8, 4) is 28.1 Å². The maximum absolute atomic E-state index is 5.63. The van der Waals surface area contributed by atoms with Crippen molar-refractivity contribution in [3.05, 3.63) is 48.4 Å². The molecular weight excluding hydrogens is 374 g/mol. The largest absolute Gasteiger partial charge is 0.496 e. The number of rotatable bonds is 5. The van der Waals surface area contributed by atoms with Crippen LogP contribution in [-0.2, 0) is 6.42 Å². The third-order valence-corrected chi connectivity index (χ3v) is 5.80. The molecular formula is C24H31N5O. The van der Waals surface area contributed by atoms with Gasteiger partial charge in [0, 0.05) is 28.4 Å². The molecule has 0 unspecified atom stereocenters. The van der Waals surface area contributed by atoms with Gasteiger partial charge in [-0.15, -0.1) is 0 Å². The molecule has 3 heterocycles. The van der Waals surface area contributed by atoms with E-state index in [0.717, 1.165) is 53.1 Å². The Labute approximate surface area is 178 Å². The summed E-state index contributed by atoms with van der Waals surface area (Å²) in [6, 6.07) is 10.2. The Morgan fingerprint density at radius 3 is 2.37 bits per heavy atom. The van der Waals surface area contributed by atoms with Crippen LogP contribution in [0, 0.1) is 5.92 Å². The summed E-state index contributed by atoms with van der Waals surface area (Å²) in [6.07, 6.45) is 6.91. The first kappa shape index (κ1) is 20.5. The third kappa shape index (κ3) is 4.54. The Kier molecular flexibility index (Phi) is 5.36. The lowest BCUT2D eigenvalue weighted by Gasteiger charge is -2.46. The minimum atomic E-state index is 0.143. The molecule has 2 N–H and O–H groups in total. The Morgan fingerprint density at radius 1 is 1.00 bits per heavy atom. The summed E-state index contributed by atoms with van der Waals surface area (Å²) in [5.41, 5.74) is 5.16. The molecule has 30 heavy (non-hydrogen) atoms. The van der Waals surface area contributed by atoms with Gasteiger partial charge in [-0.25, -0.2) is 0 Å². The van der Waals surface area contributed by atoms with E-state index in [0.29, 0.717) is 5.92 Å². The van der Waals surface area contributed by atoms with Gasteiger partial charge >= 0.3 is 0 Å². The van der Waals surface area contributed by atoms with Crippen molar-refractivity contribution < 1.29 is 4.74 Å². The summed E-state index contributed by atoms with van der Waals surface area (Å²) in [4.78, 5) is 0. The standard InChI is InChI=1S/C24H31N5O/c1-23(2)12-16(13-24(3,4)29-23)10-19-7-9-21(28-27-19)20-8-6-17(11-22(20)30-5)18-14-25-26-15-18/h6-9,11,14-16,29H,10,12-13H2,1-5H3,(H,25,26). The smallest absolute Gasteiger partial charge is 0.128 e. The molecule has 158 valence electrons.